The summed E-state index contributed by atoms with van der Waals surface area (Å²) in [6.45, 7) is 2.00. The zero-order valence-corrected chi connectivity index (χ0v) is 11.6. The van der Waals surface area contributed by atoms with Crippen molar-refractivity contribution in [2.45, 2.75) is 19.8 Å². The Morgan fingerprint density at radius 1 is 1.42 bits per heavy atom. The number of ether oxygens (including phenoxy) is 1. The summed E-state index contributed by atoms with van der Waals surface area (Å²) in [7, 11) is 1.52. The van der Waals surface area contributed by atoms with E-state index in [9.17, 15) is 5.11 Å². The first-order valence-electron chi connectivity index (χ1n) is 6.03. The molecule has 19 heavy (non-hydrogen) atoms. The molecule has 4 nitrogen and oxygen atoms in total. The van der Waals surface area contributed by atoms with Crippen molar-refractivity contribution in [1.82, 2.24) is 0 Å². The summed E-state index contributed by atoms with van der Waals surface area (Å²) in [5.74, 6) is 1.17. The van der Waals surface area contributed by atoms with Gasteiger partial charge in [-0.3, -0.25) is 0 Å². The molecule has 3 N–H and O–H groups in total. The lowest BCUT2D eigenvalue weighted by Crippen LogP contribution is -1.91. The standard InChI is InChI=1S/C14H16ClNO3/c1-3-5-10-12(17)11(14(16)19-10)8-6-4-7-9(15)13(8)18-2/h4,6-7,17H,3,5,16H2,1-2H3. The van der Waals surface area contributed by atoms with Gasteiger partial charge < -0.3 is 20.0 Å². The van der Waals surface area contributed by atoms with Crippen molar-refractivity contribution in [3.05, 3.63) is 29.0 Å². The summed E-state index contributed by atoms with van der Waals surface area (Å²) in [5.41, 5.74) is 6.91. The van der Waals surface area contributed by atoms with Crippen molar-refractivity contribution < 1.29 is 14.3 Å². The molecule has 2 rings (SSSR count). The van der Waals surface area contributed by atoms with Crippen LogP contribution in [0.5, 0.6) is 11.5 Å². The number of aryl methyl sites for hydroxylation is 1. The number of anilines is 1. The van der Waals surface area contributed by atoms with Crippen molar-refractivity contribution in [3.63, 3.8) is 0 Å². The highest BCUT2D eigenvalue weighted by atomic mass is 35.5. The lowest BCUT2D eigenvalue weighted by Gasteiger charge is -2.09. The second-order valence-electron chi connectivity index (χ2n) is 4.18. The Morgan fingerprint density at radius 3 is 2.79 bits per heavy atom. The molecule has 0 amide bonds. The highest BCUT2D eigenvalue weighted by Gasteiger charge is 2.22. The lowest BCUT2D eigenvalue weighted by atomic mass is 10.0. The maximum Gasteiger partial charge on any atom is 0.202 e. The third-order valence-corrected chi connectivity index (χ3v) is 3.20. The second-order valence-corrected chi connectivity index (χ2v) is 4.59. The number of methoxy groups -OCH3 is 1. The zero-order valence-electron chi connectivity index (χ0n) is 10.9. The topological polar surface area (TPSA) is 68.6 Å². The molecule has 0 aliphatic carbocycles. The number of furan rings is 1. The van der Waals surface area contributed by atoms with Gasteiger partial charge in [-0.2, -0.15) is 0 Å². The van der Waals surface area contributed by atoms with E-state index in [1.165, 1.54) is 7.11 Å². The normalized spacial score (nSPS) is 10.7. The van der Waals surface area contributed by atoms with E-state index in [2.05, 4.69) is 0 Å². The average Bonchev–Trinajstić information content (AvgIpc) is 2.65. The van der Waals surface area contributed by atoms with Crippen LogP contribution in [0.1, 0.15) is 19.1 Å². The number of nitrogen functional groups attached to an aromatic ring is 1. The molecule has 1 aromatic heterocycles. The van der Waals surface area contributed by atoms with Gasteiger partial charge in [-0.25, -0.2) is 0 Å². The van der Waals surface area contributed by atoms with Crippen LogP contribution in [0.2, 0.25) is 5.02 Å². The maximum absolute atomic E-state index is 10.2. The summed E-state index contributed by atoms with van der Waals surface area (Å²) in [5, 5.41) is 10.7. The molecule has 0 saturated heterocycles. The molecule has 0 fully saturated rings. The summed E-state index contributed by atoms with van der Waals surface area (Å²) >= 11 is 6.07. The molecule has 0 atom stereocenters. The molecule has 1 heterocycles. The summed E-state index contributed by atoms with van der Waals surface area (Å²) in [6, 6.07) is 5.26. The van der Waals surface area contributed by atoms with E-state index in [0.717, 1.165) is 6.42 Å². The average molecular weight is 282 g/mol. The number of halogens is 1. The first-order valence-corrected chi connectivity index (χ1v) is 6.40. The van der Waals surface area contributed by atoms with Crippen LogP contribution in [0.4, 0.5) is 5.88 Å². The van der Waals surface area contributed by atoms with Crippen molar-refractivity contribution >= 4 is 17.5 Å². The number of hydrogen-bond donors (Lipinski definition) is 2. The van der Waals surface area contributed by atoms with Gasteiger partial charge in [-0.1, -0.05) is 30.7 Å². The largest absolute Gasteiger partial charge is 0.504 e. The van der Waals surface area contributed by atoms with Gasteiger partial charge in [0.25, 0.3) is 0 Å². The quantitative estimate of drug-likeness (QED) is 0.893. The van der Waals surface area contributed by atoms with Crippen molar-refractivity contribution in [2.24, 2.45) is 0 Å². The third kappa shape index (κ3) is 2.36. The number of para-hydroxylation sites is 1. The molecule has 0 aliphatic heterocycles. The lowest BCUT2D eigenvalue weighted by molar-refractivity contribution is 0.415. The number of nitrogens with two attached hydrogens (primary N) is 1. The molecule has 0 spiro atoms. The Bertz CT molecular complexity index is 593. The molecule has 0 saturated carbocycles. The first-order chi connectivity index (χ1) is 9.10. The predicted molar refractivity (Wildman–Crippen MR) is 75.8 cm³/mol. The molecular weight excluding hydrogens is 266 g/mol. The molecule has 0 unspecified atom stereocenters. The smallest absolute Gasteiger partial charge is 0.202 e. The van der Waals surface area contributed by atoms with Gasteiger partial charge in [0.05, 0.1) is 17.7 Å². The fourth-order valence-electron chi connectivity index (χ4n) is 2.06. The fourth-order valence-corrected chi connectivity index (χ4v) is 2.31. The van der Waals surface area contributed by atoms with Crippen LogP contribution in [0, 0.1) is 0 Å². The zero-order chi connectivity index (χ0) is 14.0. The molecular formula is C14H16ClNO3. The predicted octanol–water partition coefficient (Wildman–Crippen LogP) is 3.85. The second kappa shape index (κ2) is 5.45. The van der Waals surface area contributed by atoms with Crippen LogP contribution in [-0.4, -0.2) is 12.2 Å². The van der Waals surface area contributed by atoms with Crippen LogP contribution in [0.15, 0.2) is 22.6 Å². The highest BCUT2D eigenvalue weighted by molar-refractivity contribution is 6.32. The summed E-state index contributed by atoms with van der Waals surface area (Å²) < 4.78 is 10.7. The van der Waals surface area contributed by atoms with E-state index in [0.29, 0.717) is 34.1 Å². The Kier molecular flexibility index (Phi) is 3.90. The van der Waals surface area contributed by atoms with E-state index in [1.807, 2.05) is 6.92 Å². The van der Waals surface area contributed by atoms with Crippen LogP contribution in [0.3, 0.4) is 0 Å². The van der Waals surface area contributed by atoms with Gasteiger partial charge in [0, 0.05) is 12.0 Å². The van der Waals surface area contributed by atoms with Gasteiger partial charge in [-0.15, -0.1) is 0 Å². The van der Waals surface area contributed by atoms with Crippen molar-refractivity contribution in [1.29, 1.82) is 0 Å². The Labute approximate surface area is 116 Å². The SMILES string of the molecule is CCCc1oc(N)c(-c2cccc(Cl)c2OC)c1O. The summed E-state index contributed by atoms with van der Waals surface area (Å²) in [6.07, 6.45) is 1.48. The van der Waals surface area contributed by atoms with Gasteiger partial charge in [0.1, 0.15) is 11.5 Å². The minimum absolute atomic E-state index is 0.0555. The van der Waals surface area contributed by atoms with Gasteiger partial charge in [0.2, 0.25) is 5.88 Å². The Balaban J connectivity index is 2.62. The number of hydrogen-bond acceptors (Lipinski definition) is 4. The Morgan fingerprint density at radius 2 is 2.16 bits per heavy atom. The monoisotopic (exact) mass is 281 g/mol. The van der Waals surface area contributed by atoms with Gasteiger partial charge in [-0.05, 0) is 12.5 Å². The number of benzene rings is 1. The van der Waals surface area contributed by atoms with E-state index in [4.69, 9.17) is 26.5 Å². The molecule has 0 aliphatic rings. The molecule has 102 valence electrons. The van der Waals surface area contributed by atoms with E-state index in [-0.39, 0.29) is 11.6 Å². The third-order valence-electron chi connectivity index (χ3n) is 2.90. The minimum atomic E-state index is 0.0555. The Hall–Kier alpha value is -1.81. The van der Waals surface area contributed by atoms with Gasteiger partial charge in [0.15, 0.2) is 5.75 Å². The van der Waals surface area contributed by atoms with Crippen LogP contribution in [0.25, 0.3) is 11.1 Å². The maximum atomic E-state index is 10.2. The molecule has 0 bridgehead atoms. The molecule has 1 aromatic carbocycles. The van der Waals surface area contributed by atoms with Crippen molar-refractivity contribution in [2.75, 3.05) is 12.8 Å². The minimum Gasteiger partial charge on any atom is -0.504 e. The number of rotatable bonds is 4. The summed E-state index contributed by atoms with van der Waals surface area (Å²) in [4.78, 5) is 0. The van der Waals surface area contributed by atoms with Crippen LogP contribution >= 0.6 is 11.6 Å². The van der Waals surface area contributed by atoms with E-state index in [1.54, 1.807) is 18.2 Å². The van der Waals surface area contributed by atoms with Crippen LogP contribution < -0.4 is 10.5 Å². The molecule has 2 aromatic rings. The highest BCUT2D eigenvalue weighted by Crippen LogP contribution is 2.46. The fraction of sp³-hybridized carbons (Fsp3) is 0.286. The van der Waals surface area contributed by atoms with Crippen molar-refractivity contribution in [3.8, 4) is 22.6 Å². The van der Waals surface area contributed by atoms with Crippen LogP contribution in [-0.2, 0) is 6.42 Å². The van der Waals surface area contributed by atoms with Gasteiger partial charge >= 0.3 is 0 Å². The van der Waals surface area contributed by atoms with E-state index >= 15 is 0 Å². The van der Waals surface area contributed by atoms with E-state index < -0.39 is 0 Å². The first kappa shape index (κ1) is 13.6. The number of aromatic hydroxyl groups is 1. The molecule has 5 heteroatoms. The molecule has 0 radical (unpaired) electrons.